The number of esters is 1. The third-order valence-electron chi connectivity index (χ3n) is 0.967. The second-order valence-electron chi connectivity index (χ2n) is 2.17. The van der Waals surface area contributed by atoms with Gasteiger partial charge >= 0.3 is 35.5 Å². The van der Waals surface area contributed by atoms with Gasteiger partial charge in [0.2, 0.25) is 6.61 Å². The summed E-state index contributed by atoms with van der Waals surface area (Å²) in [6, 6.07) is 0. The molecule has 0 fully saturated rings. The maximum atomic E-state index is 10.7. The predicted octanol–water partition coefficient (Wildman–Crippen LogP) is -4.51. The largest absolute Gasteiger partial charge is 1.00 e. The molecule has 1 unspecified atom stereocenters. The first-order chi connectivity index (χ1) is 6.06. The molecule has 1 atom stereocenters. The van der Waals surface area contributed by atoms with Gasteiger partial charge in [-0.25, -0.2) is 0 Å². The van der Waals surface area contributed by atoms with Crippen molar-refractivity contribution >= 4 is 12.3 Å². The molecular weight excluding hydrogens is 199 g/mol. The summed E-state index contributed by atoms with van der Waals surface area (Å²) in [7, 11) is 0. The topological polar surface area (TPSA) is 91.0 Å². The minimum Gasteiger partial charge on any atom is -0.866 e. The van der Waals surface area contributed by atoms with Gasteiger partial charge in [0.25, 0.3) is 0 Å². The molecule has 0 saturated heterocycles. The Morgan fingerprint density at radius 2 is 2.36 bits per heavy atom. The number of aliphatic hydroxyl groups is 1. The van der Waals surface area contributed by atoms with Gasteiger partial charge < -0.3 is 24.5 Å². The molecule has 0 saturated carbocycles. The smallest absolute Gasteiger partial charge is 0.866 e. The zero-order chi connectivity index (χ0) is 10.3. The van der Waals surface area contributed by atoms with Crippen LogP contribution in [0.15, 0.2) is 17.6 Å². The number of aliphatic hydroxyl groups excluding tert-OH is 1. The molecule has 14 heavy (non-hydrogen) atoms. The molecule has 0 aliphatic heterocycles. The summed E-state index contributed by atoms with van der Waals surface area (Å²) in [5.74, 6) is -0.902. The summed E-state index contributed by atoms with van der Waals surface area (Å²) in [6.07, 6.45) is -0.168. The molecule has 0 aromatic rings. The van der Waals surface area contributed by atoms with Crippen LogP contribution in [0.1, 0.15) is 6.92 Å². The maximum Gasteiger partial charge on any atom is 1.00 e. The summed E-state index contributed by atoms with van der Waals surface area (Å²) >= 11 is 0. The standard InChI is InChI=1S/C8H10O5.Na/c1-6(10)13-5-8(12)3-2-7(11)4-9;/h2,4,7,11-12H,5H2,1H3;/q;+1. The molecule has 0 spiro atoms. The van der Waals surface area contributed by atoms with Crippen LogP contribution in [0.5, 0.6) is 0 Å². The monoisotopic (exact) mass is 209 g/mol. The quantitative estimate of drug-likeness (QED) is 0.126. The molecule has 0 heterocycles. The van der Waals surface area contributed by atoms with Crippen LogP contribution in [-0.2, 0) is 9.53 Å². The normalized spacial score (nSPS) is 10.1. The SMILES string of the molecule is CC(=[OH+])OCC([O-])=C=CC(O)C=O.[Na+]. The Kier molecular flexibility index (Phi) is 10.2. The van der Waals surface area contributed by atoms with Crippen molar-refractivity contribution in [3.05, 3.63) is 17.6 Å². The van der Waals surface area contributed by atoms with Crippen molar-refractivity contribution in [1.82, 2.24) is 0 Å². The maximum absolute atomic E-state index is 10.7. The van der Waals surface area contributed by atoms with Crippen LogP contribution in [0.3, 0.4) is 0 Å². The van der Waals surface area contributed by atoms with Crippen LogP contribution in [-0.4, -0.2) is 34.9 Å². The molecule has 0 aliphatic rings. The Bertz CT molecular complexity index is 254. The number of hydrogen-bond donors (Lipinski definition) is 1. The number of carbonyl (C=O) groups excluding carboxylic acids is 2. The molecule has 0 aliphatic carbocycles. The van der Waals surface area contributed by atoms with Crippen LogP contribution < -0.4 is 34.7 Å². The second kappa shape index (κ2) is 8.99. The fourth-order valence-electron chi connectivity index (χ4n) is 0.429. The van der Waals surface area contributed by atoms with E-state index in [0.29, 0.717) is 0 Å². The minimum absolute atomic E-state index is 0. The summed E-state index contributed by atoms with van der Waals surface area (Å²) in [6.45, 7) is 0.904. The number of carbonyl (C=O) groups is 1. The molecule has 2 N–H and O–H groups in total. The van der Waals surface area contributed by atoms with E-state index in [9.17, 15) is 9.90 Å². The van der Waals surface area contributed by atoms with Gasteiger partial charge in [0.15, 0.2) is 6.29 Å². The number of aldehydes is 1. The van der Waals surface area contributed by atoms with Crippen molar-refractivity contribution < 1.29 is 54.1 Å². The number of hydrogen-bond acceptors (Lipinski definition) is 4. The van der Waals surface area contributed by atoms with Crippen LogP contribution in [0, 0.1) is 0 Å². The summed E-state index contributed by atoms with van der Waals surface area (Å²) in [4.78, 5) is 18.4. The fraction of sp³-hybridized carbons (Fsp3) is 0.375. The van der Waals surface area contributed by atoms with Crippen LogP contribution in [0.4, 0.5) is 0 Å². The summed E-state index contributed by atoms with van der Waals surface area (Å²) in [5.41, 5.74) is 2.09. The Labute approximate surface area is 103 Å². The summed E-state index contributed by atoms with van der Waals surface area (Å²) in [5, 5.41) is 19.4. The molecule has 72 valence electrons. The van der Waals surface area contributed by atoms with E-state index in [1.54, 1.807) is 0 Å². The average molecular weight is 209 g/mol. The summed E-state index contributed by atoms with van der Waals surface area (Å²) < 4.78 is 4.44. The Hall–Kier alpha value is -0.580. The van der Waals surface area contributed by atoms with Gasteiger partial charge in [-0.3, -0.25) is 0 Å². The van der Waals surface area contributed by atoms with E-state index >= 15 is 0 Å². The molecule has 0 radical (unpaired) electrons. The van der Waals surface area contributed by atoms with Crippen molar-refractivity contribution in [2.45, 2.75) is 13.0 Å². The van der Waals surface area contributed by atoms with Crippen molar-refractivity contribution in [2.75, 3.05) is 6.61 Å². The Morgan fingerprint density at radius 1 is 1.79 bits per heavy atom. The molecule has 6 heteroatoms. The van der Waals surface area contributed by atoms with Gasteiger partial charge in [-0.15, -0.1) is 5.73 Å². The van der Waals surface area contributed by atoms with Crippen molar-refractivity contribution in [3.8, 4) is 0 Å². The Balaban J connectivity index is 0. The number of ether oxygens (including phenoxy) is 1. The molecule has 5 nitrogen and oxygen atoms in total. The van der Waals surface area contributed by atoms with Gasteiger partial charge in [0.05, 0.1) is 6.92 Å². The third kappa shape index (κ3) is 9.51. The van der Waals surface area contributed by atoms with Gasteiger partial charge in [0, 0.05) is 0 Å². The average Bonchev–Trinajstić information content (AvgIpc) is 2.10. The van der Waals surface area contributed by atoms with E-state index in [4.69, 9.17) is 9.90 Å². The van der Waals surface area contributed by atoms with E-state index in [0.717, 1.165) is 6.08 Å². The van der Waals surface area contributed by atoms with Crippen molar-refractivity contribution in [2.24, 2.45) is 0 Å². The third-order valence-corrected chi connectivity index (χ3v) is 0.967. The zero-order valence-corrected chi connectivity index (χ0v) is 10.1. The minimum atomic E-state index is -1.33. The van der Waals surface area contributed by atoms with Crippen LogP contribution in [0.2, 0.25) is 0 Å². The zero-order valence-electron chi connectivity index (χ0n) is 8.06. The van der Waals surface area contributed by atoms with E-state index in [2.05, 4.69) is 10.5 Å². The molecule has 0 bridgehead atoms. The van der Waals surface area contributed by atoms with Crippen LogP contribution in [0.25, 0.3) is 0 Å². The first-order valence-corrected chi connectivity index (χ1v) is 3.47. The first kappa shape index (κ1) is 15.9. The van der Waals surface area contributed by atoms with Gasteiger partial charge in [-0.05, 0) is 11.8 Å². The second-order valence-corrected chi connectivity index (χ2v) is 2.17. The molecular formula is C8H10NaO5+. The van der Waals surface area contributed by atoms with Gasteiger partial charge in [-0.2, -0.15) is 0 Å². The van der Waals surface area contributed by atoms with Crippen molar-refractivity contribution in [1.29, 1.82) is 0 Å². The predicted molar refractivity (Wildman–Crippen MR) is 42.2 cm³/mol. The van der Waals surface area contributed by atoms with Gasteiger partial charge in [0.1, 0.15) is 6.10 Å². The van der Waals surface area contributed by atoms with E-state index in [-0.39, 0.29) is 48.4 Å². The van der Waals surface area contributed by atoms with E-state index in [1.807, 2.05) is 0 Å². The number of rotatable bonds is 4. The molecule has 0 aromatic carbocycles. The fourth-order valence-corrected chi connectivity index (χ4v) is 0.429. The molecule has 0 rings (SSSR count). The van der Waals surface area contributed by atoms with Crippen molar-refractivity contribution in [3.63, 3.8) is 0 Å². The molecule has 0 aromatic heterocycles. The molecule has 0 amide bonds. The van der Waals surface area contributed by atoms with Crippen LogP contribution >= 0.6 is 0 Å². The van der Waals surface area contributed by atoms with E-state index < -0.39 is 11.9 Å². The van der Waals surface area contributed by atoms with Gasteiger partial charge in [-0.1, -0.05) is 0 Å². The Morgan fingerprint density at radius 3 is 2.79 bits per heavy atom. The van der Waals surface area contributed by atoms with E-state index in [1.165, 1.54) is 6.92 Å². The first-order valence-electron chi connectivity index (χ1n) is 3.47.